The number of pyridine rings is 1. The predicted octanol–water partition coefficient (Wildman–Crippen LogP) is 1.34. The molecule has 0 N–H and O–H groups in total. The van der Waals surface area contributed by atoms with Gasteiger partial charge in [-0.3, -0.25) is 9.78 Å². The molecule has 4 heterocycles. The molecule has 8 nitrogen and oxygen atoms in total. The van der Waals surface area contributed by atoms with Crippen LogP contribution in [-0.2, 0) is 14.8 Å². The number of carbonyl (C=O) groups excluding carboxylic acids is 1. The van der Waals surface area contributed by atoms with Gasteiger partial charge in [0.2, 0.25) is 15.9 Å². The molecule has 3 saturated heterocycles. The normalized spacial score (nSPS) is 27.3. The molecule has 3 fully saturated rings. The Labute approximate surface area is 179 Å². The molecule has 0 unspecified atom stereocenters. The Kier molecular flexibility index (Phi) is 6.60. The summed E-state index contributed by atoms with van der Waals surface area (Å²) in [4.78, 5) is 21.7. The zero-order chi connectivity index (χ0) is 21.1. The van der Waals surface area contributed by atoms with Crippen molar-refractivity contribution in [2.45, 2.75) is 56.7 Å². The molecule has 166 valence electrons. The zero-order valence-corrected chi connectivity index (χ0v) is 18.5. The Morgan fingerprint density at radius 1 is 1.13 bits per heavy atom. The molecule has 3 aliphatic heterocycles. The summed E-state index contributed by atoms with van der Waals surface area (Å²) < 4.78 is 32.0. The molecular formula is C21H32N4O4S. The number of carbonyl (C=O) groups is 1. The van der Waals surface area contributed by atoms with Crippen LogP contribution in [0.2, 0.25) is 0 Å². The van der Waals surface area contributed by atoms with E-state index in [1.807, 2.05) is 4.90 Å². The van der Waals surface area contributed by atoms with Crippen molar-refractivity contribution in [3.8, 4) is 5.75 Å². The number of piperidine rings is 2. The molecule has 0 aromatic carbocycles. The van der Waals surface area contributed by atoms with Crippen molar-refractivity contribution in [1.82, 2.24) is 19.1 Å². The SMILES string of the molecule is CS(=O)(=O)N1C[C@@H](Oc2cccnc2)C[C@H]1C(=O)N1CCC(N2CCCCC2)CC1. The lowest BCUT2D eigenvalue weighted by Gasteiger charge is -2.41. The van der Waals surface area contributed by atoms with E-state index < -0.39 is 16.1 Å². The molecule has 0 bridgehead atoms. The lowest BCUT2D eigenvalue weighted by molar-refractivity contribution is -0.136. The first-order valence-corrected chi connectivity index (χ1v) is 12.8. The van der Waals surface area contributed by atoms with Gasteiger partial charge in [0.15, 0.2) is 0 Å². The van der Waals surface area contributed by atoms with Crippen LogP contribution in [-0.4, -0.2) is 90.6 Å². The quantitative estimate of drug-likeness (QED) is 0.693. The maximum atomic E-state index is 13.3. The number of hydrogen-bond acceptors (Lipinski definition) is 6. The summed E-state index contributed by atoms with van der Waals surface area (Å²) in [7, 11) is -3.51. The average molecular weight is 437 g/mol. The van der Waals surface area contributed by atoms with Crippen LogP contribution in [0.3, 0.4) is 0 Å². The lowest BCUT2D eigenvalue weighted by Crippen LogP contribution is -2.52. The molecule has 1 amide bonds. The Morgan fingerprint density at radius 2 is 1.87 bits per heavy atom. The largest absolute Gasteiger partial charge is 0.487 e. The van der Waals surface area contributed by atoms with Crippen molar-refractivity contribution in [3.05, 3.63) is 24.5 Å². The first kappa shape index (κ1) is 21.5. The van der Waals surface area contributed by atoms with Crippen LogP contribution in [0.1, 0.15) is 38.5 Å². The summed E-state index contributed by atoms with van der Waals surface area (Å²) in [6.07, 6.45) is 10.2. The van der Waals surface area contributed by atoms with Gasteiger partial charge >= 0.3 is 0 Å². The first-order valence-electron chi connectivity index (χ1n) is 11.0. The third kappa shape index (κ3) is 4.95. The van der Waals surface area contributed by atoms with Crippen molar-refractivity contribution in [3.63, 3.8) is 0 Å². The van der Waals surface area contributed by atoms with Crippen LogP contribution in [0.25, 0.3) is 0 Å². The third-order valence-corrected chi connectivity index (χ3v) is 7.80. The summed E-state index contributed by atoms with van der Waals surface area (Å²) in [5.74, 6) is 0.501. The van der Waals surface area contributed by atoms with E-state index >= 15 is 0 Å². The smallest absolute Gasteiger partial charge is 0.241 e. The van der Waals surface area contributed by atoms with E-state index in [0.717, 1.165) is 25.9 Å². The minimum absolute atomic E-state index is 0.0881. The number of rotatable bonds is 5. The van der Waals surface area contributed by atoms with E-state index in [-0.39, 0.29) is 18.6 Å². The van der Waals surface area contributed by atoms with Gasteiger partial charge in [-0.1, -0.05) is 6.42 Å². The minimum Gasteiger partial charge on any atom is -0.487 e. The fraction of sp³-hybridized carbons (Fsp3) is 0.714. The second-order valence-electron chi connectivity index (χ2n) is 8.67. The number of nitrogens with zero attached hydrogens (tertiary/aromatic N) is 4. The molecule has 4 rings (SSSR count). The van der Waals surface area contributed by atoms with E-state index in [1.165, 1.54) is 29.8 Å². The average Bonchev–Trinajstić information content (AvgIpc) is 3.19. The molecule has 0 radical (unpaired) electrons. The van der Waals surface area contributed by atoms with Crippen LogP contribution >= 0.6 is 0 Å². The Hall–Kier alpha value is -1.71. The summed E-state index contributed by atoms with van der Waals surface area (Å²) in [5.41, 5.74) is 0. The second kappa shape index (κ2) is 9.20. The van der Waals surface area contributed by atoms with Crippen LogP contribution in [0.5, 0.6) is 5.75 Å². The molecule has 0 spiro atoms. The molecule has 9 heteroatoms. The summed E-state index contributed by atoms with van der Waals surface area (Å²) in [5, 5.41) is 0. The molecule has 30 heavy (non-hydrogen) atoms. The number of likely N-dealkylation sites (tertiary alicyclic amines) is 2. The third-order valence-electron chi connectivity index (χ3n) is 6.55. The monoisotopic (exact) mass is 436 g/mol. The Morgan fingerprint density at radius 3 is 2.50 bits per heavy atom. The van der Waals surface area contributed by atoms with E-state index in [2.05, 4.69) is 9.88 Å². The Balaban J connectivity index is 1.38. The molecular weight excluding hydrogens is 404 g/mol. The highest BCUT2D eigenvalue weighted by Gasteiger charge is 2.45. The van der Waals surface area contributed by atoms with E-state index in [1.54, 1.807) is 24.5 Å². The van der Waals surface area contributed by atoms with Crippen LogP contribution in [0, 0.1) is 0 Å². The highest BCUT2D eigenvalue weighted by molar-refractivity contribution is 7.88. The fourth-order valence-corrected chi connectivity index (χ4v) is 6.08. The van der Waals surface area contributed by atoms with Gasteiger partial charge in [0, 0.05) is 31.7 Å². The number of aromatic nitrogens is 1. The van der Waals surface area contributed by atoms with Gasteiger partial charge in [-0.05, 0) is 50.9 Å². The Bertz CT molecular complexity index is 821. The number of amides is 1. The van der Waals surface area contributed by atoms with Gasteiger partial charge in [0.25, 0.3) is 0 Å². The standard InChI is InChI=1S/C21H32N4O4S/c1-30(27,28)25-16-19(29-18-6-5-9-22-15-18)14-20(25)21(26)24-12-7-17(8-13-24)23-10-3-2-4-11-23/h5-6,9,15,17,19-20H,2-4,7-8,10-14,16H2,1H3/t19-,20-/m0/s1. The van der Waals surface area contributed by atoms with E-state index in [4.69, 9.17) is 4.74 Å². The van der Waals surface area contributed by atoms with Crippen LogP contribution in [0.15, 0.2) is 24.5 Å². The number of sulfonamides is 1. The van der Waals surface area contributed by atoms with Gasteiger partial charge in [-0.25, -0.2) is 8.42 Å². The highest BCUT2D eigenvalue weighted by atomic mass is 32.2. The van der Waals surface area contributed by atoms with E-state index in [9.17, 15) is 13.2 Å². The number of hydrogen-bond donors (Lipinski definition) is 0. The lowest BCUT2D eigenvalue weighted by atomic mass is 9.99. The minimum atomic E-state index is -3.51. The van der Waals surface area contributed by atoms with Crippen molar-refractivity contribution < 1.29 is 17.9 Å². The highest BCUT2D eigenvalue weighted by Crippen LogP contribution is 2.28. The fourth-order valence-electron chi connectivity index (χ4n) is 5.00. The van der Waals surface area contributed by atoms with Gasteiger partial charge in [0.05, 0.1) is 19.0 Å². The van der Waals surface area contributed by atoms with Gasteiger partial charge in [-0.2, -0.15) is 4.31 Å². The van der Waals surface area contributed by atoms with Crippen LogP contribution < -0.4 is 4.74 Å². The maximum Gasteiger partial charge on any atom is 0.241 e. The van der Waals surface area contributed by atoms with Gasteiger partial charge in [-0.15, -0.1) is 0 Å². The second-order valence-corrected chi connectivity index (χ2v) is 10.6. The summed E-state index contributed by atoms with van der Waals surface area (Å²) >= 11 is 0. The summed E-state index contributed by atoms with van der Waals surface area (Å²) in [6.45, 7) is 3.91. The molecule has 1 aromatic heterocycles. The molecule has 0 aliphatic carbocycles. The van der Waals surface area contributed by atoms with Gasteiger partial charge in [0.1, 0.15) is 17.9 Å². The maximum absolute atomic E-state index is 13.3. The number of ether oxygens (including phenoxy) is 1. The zero-order valence-electron chi connectivity index (χ0n) is 17.6. The predicted molar refractivity (Wildman–Crippen MR) is 114 cm³/mol. The van der Waals surface area contributed by atoms with Crippen molar-refractivity contribution >= 4 is 15.9 Å². The van der Waals surface area contributed by atoms with Crippen molar-refractivity contribution in [1.29, 1.82) is 0 Å². The molecule has 3 aliphatic rings. The topological polar surface area (TPSA) is 83.0 Å². The molecule has 0 saturated carbocycles. The van der Waals surface area contributed by atoms with Crippen molar-refractivity contribution in [2.75, 3.05) is 39.0 Å². The van der Waals surface area contributed by atoms with Crippen LogP contribution in [0.4, 0.5) is 0 Å². The van der Waals surface area contributed by atoms with Gasteiger partial charge < -0.3 is 14.5 Å². The molecule has 2 atom stereocenters. The summed E-state index contributed by atoms with van der Waals surface area (Å²) in [6, 6.07) is 3.42. The molecule has 1 aromatic rings. The first-order chi connectivity index (χ1) is 14.4. The van der Waals surface area contributed by atoms with E-state index in [0.29, 0.717) is 31.3 Å². The van der Waals surface area contributed by atoms with Crippen molar-refractivity contribution in [2.24, 2.45) is 0 Å².